The van der Waals surface area contributed by atoms with Gasteiger partial charge in [-0.3, -0.25) is 0 Å². The Labute approximate surface area is 135 Å². The van der Waals surface area contributed by atoms with Crippen molar-refractivity contribution in [2.24, 2.45) is 17.6 Å². The molecule has 1 aliphatic rings. The van der Waals surface area contributed by atoms with Gasteiger partial charge in [0.2, 0.25) is 0 Å². The molecule has 2 N–H and O–H groups in total. The van der Waals surface area contributed by atoms with Gasteiger partial charge in [0.05, 0.1) is 6.10 Å². The quantitative estimate of drug-likeness (QED) is 0.790. The van der Waals surface area contributed by atoms with Gasteiger partial charge in [0.25, 0.3) is 0 Å². The first-order valence-electron chi connectivity index (χ1n) is 7.66. The Kier molecular flexibility index (Phi) is 6.09. The van der Waals surface area contributed by atoms with Gasteiger partial charge in [0.15, 0.2) is 0 Å². The minimum Gasteiger partial charge on any atom is -0.368 e. The number of ether oxygens (including phenoxy) is 1. The second-order valence-electron chi connectivity index (χ2n) is 6.19. The molecule has 0 aromatic carbocycles. The van der Waals surface area contributed by atoms with Crippen LogP contribution in [0.15, 0.2) is 15.9 Å². The monoisotopic (exact) mass is 359 g/mol. The van der Waals surface area contributed by atoms with Crippen molar-refractivity contribution in [3.05, 3.63) is 20.8 Å². The predicted octanol–water partition coefficient (Wildman–Crippen LogP) is 5.13. The minimum absolute atomic E-state index is 0.0434. The standard InChI is InChI=1S/C16H26BrNOS/c1-4-14(18)16(15-8-12(17)9-20-15)19-13-6-5-10(2)11(3)7-13/h8-11,13-14,16H,4-7,18H2,1-3H3. The van der Waals surface area contributed by atoms with Crippen molar-refractivity contribution in [3.63, 3.8) is 0 Å². The topological polar surface area (TPSA) is 35.2 Å². The number of hydrogen-bond acceptors (Lipinski definition) is 3. The molecule has 4 heteroatoms. The second-order valence-corrected chi connectivity index (χ2v) is 8.04. The maximum Gasteiger partial charge on any atom is 0.107 e. The molecule has 0 amide bonds. The first kappa shape index (κ1) is 16.5. The summed E-state index contributed by atoms with van der Waals surface area (Å²) in [5, 5.41) is 2.11. The van der Waals surface area contributed by atoms with Crippen molar-refractivity contribution in [1.29, 1.82) is 0 Å². The highest BCUT2D eigenvalue weighted by molar-refractivity contribution is 9.10. The summed E-state index contributed by atoms with van der Waals surface area (Å²) < 4.78 is 7.55. The van der Waals surface area contributed by atoms with Crippen LogP contribution in [0, 0.1) is 11.8 Å². The third-order valence-electron chi connectivity index (χ3n) is 4.62. The lowest BCUT2D eigenvalue weighted by atomic mass is 9.80. The molecular weight excluding hydrogens is 334 g/mol. The lowest BCUT2D eigenvalue weighted by Gasteiger charge is -2.35. The summed E-state index contributed by atoms with van der Waals surface area (Å²) in [5.41, 5.74) is 6.30. The molecule has 2 rings (SSSR count). The van der Waals surface area contributed by atoms with Gasteiger partial charge >= 0.3 is 0 Å². The summed E-state index contributed by atoms with van der Waals surface area (Å²) >= 11 is 5.27. The molecule has 5 atom stereocenters. The number of rotatable bonds is 5. The smallest absolute Gasteiger partial charge is 0.107 e. The van der Waals surface area contributed by atoms with Gasteiger partial charge in [-0.15, -0.1) is 11.3 Å². The molecule has 0 saturated heterocycles. The summed E-state index contributed by atoms with van der Waals surface area (Å²) in [4.78, 5) is 1.25. The normalized spacial score (nSPS) is 30.1. The van der Waals surface area contributed by atoms with E-state index in [1.165, 1.54) is 24.1 Å². The van der Waals surface area contributed by atoms with Crippen LogP contribution in [0.1, 0.15) is 57.4 Å². The average Bonchev–Trinajstić information content (AvgIpc) is 2.85. The first-order valence-corrected chi connectivity index (χ1v) is 9.33. The van der Waals surface area contributed by atoms with E-state index in [4.69, 9.17) is 10.5 Å². The number of nitrogens with two attached hydrogens (primary N) is 1. The molecule has 0 aliphatic heterocycles. The first-order chi connectivity index (χ1) is 9.51. The van der Waals surface area contributed by atoms with Crippen molar-refractivity contribution < 1.29 is 4.74 Å². The zero-order valence-electron chi connectivity index (χ0n) is 12.6. The third kappa shape index (κ3) is 4.06. The van der Waals surface area contributed by atoms with Gasteiger partial charge < -0.3 is 10.5 Å². The SMILES string of the molecule is CCC(N)C(OC1CCC(C)C(C)C1)c1cc(Br)cs1. The van der Waals surface area contributed by atoms with E-state index >= 15 is 0 Å². The molecule has 114 valence electrons. The Morgan fingerprint density at radius 3 is 2.70 bits per heavy atom. The van der Waals surface area contributed by atoms with Gasteiger partial charge in [-0.1, -0.05) is 20.8 Å². The van der Waals surface area contributed by atoms with E-state index in [9.17, 15) is 0 Å². The maximum atomic E-state index is 6.43. The molecule has 0 spiro atoms. The maximum absolute atomic E-state index is 6.43. The lowest BCUT2D eigenvalue weighted by Crippen LogP contribution is -2.34. The van der Waals surface area contributed by atoms with E-state index in [0.717, 1.165) is 22.7 Å². The van der Waals surface area contributed by atoms with E-state index in [1.54, 1.807) is 11.3 Å². The Balaban J connectivity index is 2.05. The van der Waals surface area contributed by atoms with Crippen molar-refractivity contribution >= 4 is 27.3 Å². The van der Waals surface area contributed by atoms with Gasteiger partial charge in [-0.2, -0.15) is 0 Å². The van der Waals surface area contributed by atoms with E-state index in [2.05, 4.69) is 48.1 Å². The van der Waals surface area contributed by atoms with Crippen LogP contribution in [0.5, 0.6) is 0 Å². The lowest BCUT2D eigenvalue weighted by molar-refractivity contribution is -0.0579. The highest BCUT2D eigenvalue weighted by atomic mass is 79.9. The minimum atomic E-state index is 0.0434. The van der Waals surface area contributed by atoms with Crippen LogP contribution in [-0.2, 0) is 4.74 Å². The zero-order chi connectivity index (χ0) is 14.7. The van der Waals surface area contributed by atoms with E-state index in [1.807, 2.05) is 0 Å². The third-order valence-corrected chi connectivity index (χ3v) is 6.37. The summed E-state index contributed by atoms with van der Waals surface area (Å²) in [5.74, 6) is 1.58. The highest BCUT2D eigenvalue weighted by Crippen LogP contribution is 2.37. The summed E-state index contributed by atoms with van der Waals surface area (Å²) in [6, 6.07) is 2.23. The predicted molar refractivity (Wildman–Crippen MR) is 90.1 cm³/mol. The molecule has 1 aromatic heterocycles. The second kappa shape index (κ2) is 7.39. The van der Waals surface area contributed by atoms with Crippen molar-refractivity contribution in [2.45, 2.75) is 64.7 Å². The summed E-state index contributed by atoms with van der Waals surface area (Å²) in [6.45, 7) is 6.83. The van der Waals surface area contributed by atoms with Gasteiger partial charge in [-0.25, -0.2) is 0 Å². The van der Waals surface area contributed by atoms with Crippen LogP contribution in [0.4, 0.5) is 0 Å². The van der Waals surface area contributed by atoms with Gasteiger partial charge in [-0.05, 0) is 59.5 Å². The molecule has 1 heterocycles. The fourth-order valence-electron chi connectivity index (χ4n) is 2.90. The van der Waals surface area contributed by atoms with Gasteiger partial charge in [0, 0.05) is 20.8 Å². The van der Waals surface area contributed by atoms with Gasteiger partial charge in [0.1, 0.15) is 6.10 Å². The fraction of sp³-hybridized carbons (Fsp3) is 0.750. The average molecular weight is 360 g/mol. The Morgan fingerprint density at radius 2 is 2.15 bits per heavy atom. The van der Waals surface area contributed by atoms with E-state index in [-0.39, 0.29) is 12.1 Å². The summed E-state index contributed by atoms with van der Waals surface area (Å²) in [6.07, 6.45) is 4.96. The molecule has 1 aliphatic carbocycles. The molecule has 20 heavy (non-hydrogen) atoms. The molecule has 1 fully saturated rings. The largest absolute Gasteiger partial charge is 0.368 e. The number of hydrogen-bond donors (Lipinski definition) is 1. The van der Waals surface area contributed by atoms with Crippen LogP contribution < -0.4 is 5.73 Å². The van der Waals surface area contributed by atoms with Crippen LogP contribution in [0.2, 0.25) is 0 Å². The van der Waals surface area contributed by atoms with Crippen LogP contribution in [0.25, 0.3) is 0 Å². The molecular formula is C16H26BrNOS. The van der Waals surface area contributed by atoms with Crippen molar-refractivity contribution in [2.75, 3.05) is 0 Å². The van der Waals surface area contributed by atoms with E-state index < -0.39 is 0 Å². The molecule has 0 radical (unpaired) electrons. The number of halogens is 1. The number of thiophene rings is 1. The zero-order valence-corrected chi connectivity index (χ0v) is 15.0. The Hall–Kier alpha value is 0.1000. The van der Waals surface area contributed by atoms with Crippen LogP contribution >= 0.6 is 27.3 Å². The van der Waals surface area contributed by atoms with Crippen LogP contribution in [-0.4, -0.2) is 12.1 Å². The molecule has 0 bridgehead atoms. The Morgan fingerprint density at radius 1 is 1.40 bits per heavy atom. The Bertz CT molecular complexity index is 422. The molecule has 2 nitrogen and oxygen atoms in total. The van der Waals surface area contributed by atoms with E-state index in [0.29, 0.717) is 6.10 Å². The highest BCUT2D eigenvalue weighted by Gasteiger charge is 2.30. The fourth-order valence-corrected chi connectivity index (χ4v) is 4.45. The van der Waals surface area contributed by atoms with Crippen molar-refractivity contribution in [3.8, 4) is 0 Å². The molecule has 1 saturated carbocycles. The molecule has 5 unspecified atom stereocenters. The molecule has 1 aromatic rings. The van der Waals surface area contributed by atoms with Crippen LogP contribution in [0.3, 0.4) is 0 Å². The summed E-state index contributed by atoms with van der Waals surface area (Å²) in [7, 11) is 0. The van der Waals surface area contributed by atoms with Crippen molar-refractivity contribution in [1.82, 2.24) is 0 Å².